The molecule has 0 bridgehead atoms. The van der Waals surface area contributed by atoms with Gasteiger partial charge in [0.05, 0.1) is 6.04 Å². The van der Waals surface area contributed by atoms with Gasteiger partial charge in [-0.1, -0.05) is 18.2 Å². The van der Waals surface area contributed by atoms with E-state index in [1.54, 1.807) is 30.6 Å². The zero-order chi connectivity index (χ0) is 21.1. The molecule has 2 heterocycles. The standard InChI is InChI=1S/C21H20F3N5O/c22-21(23,24)18-10-17(28-29-18)20(30)27-16-5-1-3-14(9-16)19(26-11-13-6-7-13)15-4-2-8-25-12-15/h1-5,8-10,12-13,19,26H,6-7,11H2,(H,27,30)(H,28,29). The highest BCUT2D eigenvalue weighted by atomic mass is 19.4. The molecular weight excluding hydrogens is 395 g/mol. The molecule has 1 unspecified atom stereocenters. The van der Waals surface area contributed by atoms with Crippen LogP contribution in [0, 0.1) is 5.92 Å². The average Bonchev–Trinajstić information content (AvgIpc) is 3.40. The van der Waals surface area contributed by atoms with Crippen LogP contribution >= 0.6 is 0 Å². The fraction of sp³-hybridized carbons (Fsp3) is 0.286. The summed E-state index contributed by atoms with van der Waals surface area (Å²) in [4.78, 5) is 16.5. The van der Waals surface area contributed by atoms with Gasteiger partial charge >= 0.3 is 6.18 Å². The molecule has 1 aliphatic carbocycles. The van der Waals surface area contributed by atoms with Gasteiger partial charge in [-0.3, -0.25) is 14.9 Å². The smallest absolute Gasteiger partial charge is 0.321 e. The Labute approximate surface area is 170 Å². The van der Waals surface area contributed by atoms with Crippen LogP contribution in [0.1, 0.15) is 46.2 Å². The number of hydrogen-bond donors (Lipinski definition) is 3. The van der Waals surface area contributed by atoms with E-state index in [0.717, 1.165) is 17.7 Å². The monoisotopic (exact) mass is 415 g/mol. The molecule has 1 saturated carbocycles. The minimum Gasteiger partial charge on any atom is -0.321 e. The van der Waals surface area contributed by atoms with E-state index in [4.69, 9.17) is 0 Å². The Bertz CT molecular complexity index is 1010. The van der Waals surface area contributed by atoms with Gasteiger partial charge in [0, 0.05) is 24.1 Å². The van der Waals surface area contributed by atoms with Crippen LogP contribution in [0.3, 0.4) is 0 Å². The van der Waals surface area contributed by atoms with Crippen LogP contribution in [-0.2, 0) is 6.18 Å². The molecule has 30 heavy (non-hydrogen) atoms. The van der Waals surface area contributed by atoms with E-state index in [9.17, 15) is 18.0 Å². The van der Waals surface area contributed by atoms with Crippen molar-refractivity contribution in [3.05, 3.63) is 77.4 Å². The minimum absolute atomic E-state index is 0.113. The summed E-state index contributed by atoms with van der Waals surface area (Å²) in [5.74, 6) is -0.0441. The maximum Gasteiger partial charge on any atom is 0.432 e. The molecule has 1 amide bonds. The number of anilines is 1. The summed E-state index contributed by atoms with van der Waals surface area (Å²) in [6.07, 6.45) is 1.34. The van der Waals surface area contributed by atoms with Gasteiger partial charge in [-0.05, 0) is 54.6 Å². The number of amides is 1. The molecule has 0 radical (unpaired) electrons. The number of aromatic amines is 1. The molecule has 6 nitrogen and oxygen atoms in total. The fourth-order valence-corrected chi connectivity index (χ4v) is 3.16. The number of carbonyl (C=O) groups excluding carboxylic acids is 1. The van der Waals surface area contributed by atoms with Crippen molar-refractivity contribution in [2.24, 2.45) is 5.92 Å². The van der Waals surface area contributed by atoms with Crippen molar-refractivity contribution >= 4 is 11.6 Å². The van der Waals surface area contributed by atoms with Crippen molar-refractivity contribution < 1.29 is 18.0 Å². The van der Waals surface area contributed by atoms with Crippen LogP contribution in [0.5, 0.6) is 0 Å². The molecule has 4 rings (SSSR count). The summed E-state index contributed by atoms with van der Waals surface area (Å²) in [7, 11) is 0. The Kier molecular flexibility index (Phi) is 5.54. The van der Waals surface area contributed by atoms with Crippen molar-refractivity contribution in [1.82, 2.24) is 20.5 Å². The first-order chi connectivity index (χ1) is 14.4. The van der Waals surface area contributed by atoms with Gasteiger partial charge in [0.15, 0.2) is 5.69 Å². The van der Waals surface area contributed by atoms with Gasteiger partial charge in [0.25, 0.3) is 5.91 Å². The van der Waals surface area contributed by atoms with Crippen LogP contribution in [0.25, 0.3) is 0 Å². The van der Waals surface area contributed by atoms with E-state index >= 15 is 0 Å². The molecule has 0 saturated heterocycles. The number of H-pyrrole nitrogens is 1. The summed E-state index contributed by atoms with van der Waals surface area (Å²) in [6, 6.07) is 11.6. The minimum atomic E-state index is -4.59. The van der Waals surface area contributed by atoms with E-state index in [0.29, 0.717) is 17.7 Å². The van der Waals surface area contributed by atoms with Gasteiger partial charge in [0.2, 0.25) is 0 Å². The second-order valence-electron chi connectivity index (χ2n) is 7.32. The average molecular weight is 415 g/mol. The lowest BCUT2D eigenvalue weighted by molar-refractivity contribution is -0.141. The summed E-state index contributed by atoms with van der Waals surface area (Å²) in [6.45, 7) is 0.879. The van der Waals surface area contributed by atoms with Crippen LogP contribution in [0.2, 0.25) is 0 Å². The zero-order valence-electron chi connectivity index (χ0n) is 15.9. The fourth-order valence-electron chi connectivity index (χ4n) is 3.16. The number of aromatic nitrogens is 3. The number of halogens is 3. The quantitative estimate of drug-likeness (QED) is 0.541. The first-order valence-electron chi connectivity index (χ1n) is 9.57. The Morgan fingerprint density at radius 1 is 1.17 bits per heavy atom. The molecule has 2 aromatic heterocycles. The predicted molar refractivity (Wildman–Crippen MR) is 105 cm³/mol. The largest absolute Gasteiger partial charge is 0.432 e. The summed E-state index contributed by atoms with van der Waals surface area (Å²) in [5.41, 5.74) is 0.977. The number of rotatable bonds is 7. The number of hydrogen-bond acceptors (Lipinski definition) is 4. The lowest BCUT2D eigenvalue weighted by Crippen LogP contribution is -2.25. The third kappa shape index (κ3) is 4.85. The molecular formula is C21H20F3N5O. The zero-order valence-corrected chi connectivity index (χ0v) is 15.9. The van der Waals surface area contributed by atoms with Crippen LogP contribution in [0.4, 0.5) is 18.9 Å². The molecule has 1 aliphatic rings. The molecule has 1 atom stereocenters. The molecule has 3 aromatic rings. The van der Waals surface area contributed by atoms with Gasteiger partial charge in [-0.25, -0.2) is 0 Å². The Morgan fingerprint density at radius 2 is 1.97 bits per heavy atom. The van der Waals surface area contributed by atoms with Crippen molar-refractivity contribution in [1.29, 1.82) is 0 Å². The molecule has 9 heteroatoms. The van der Waals surface area contributed by atoms with Gasteiger partial charge in [0.1, 0.15) is 5.69 Å². The topological polar surface area (TPSA) is 82.7 Å². The Hall–Kier alpha value is -3.20. The summed E-state index contributed by atoms with van der Waals surface area (Å²) >= 11 is 0. The molecule has 0 aliphatic heterocycles. The van der Waals surface area contributed by atoms with Crippen molar-refractivity contribution in [2.75, 3.05) is 11.9 Å². The third-order valence-corrected chi connectivity index (χ3v) is 4.92. The number of benzene rings is 1. The first-order valence-corrected chi connectivity index (χ1v) is 9.57. The highest BCUT2D eigenvalue weighted by molar-refractivity contribution is 6.02. The van der Waals surface area contributed by atoms with E-state index in [1.807, 2.05) is 23.3 Å². The Balaban J connectivity index is 1.52. The van der Waals surface area contributed by atoms with Crippen LogP contribution < -0.4 is 10.6 Å². The second kappa shape index (κ2) is 8.27. The highest BCUT2D eigenvalue weighted by Gasteiger charge is 2.33. The van der Waals surface area contributed by atoms with Crippen molar-refractivity contribution in [3.63, 3.8) is 0 Å². The van der Waals surface area contributed by atoms with Crippen LogP contribution in [0.15, 0.2) is 54.9 Å². The Morgan fingerprint density at radius 3 is 2.63 bits per heavy atom. The lowest BCUT2D eigenvalue weighted by atomic mass is 9.99. The van der Waals surface area contributed by atoms with Crippen LogP contribution in [-0.4, -0.2) is 27.6 Å². The number of carbonyl (C=O) groups is 1. The maximum atomic E-state index is 12.7. The number of pyridine rings is 1. The molecule has 3 N–H and O–H groups in total. The third-order valence-electron chi connectivity index (χ3n) is 4.92. The van der Waals surface area contributed by atoms with Gasteiger partial charge in [-0.2, -0.15) is 18.3 Å². The molecule has 0 spiro atoms. The first kappa shape index (κ1) is 20.1. The maximum absolute atomic E-state index is 12.7. The number of nitrogens with one attached hydrogen (secondary N) is 3. The SMILES string of the molecule is O=C(Nc1cccc(C(NCC2CC2)c2cccnc2)c1)c1cc(C(F)(F)F)[nH]n1. The molecule has 1 fully saturated rings. The highest BCUT2D eigenvalue weighted by Crippen LogP contribution is 2.31. The predicted octanol–water partition coefficient (Wildman–Crippen LogP) is 4.16. The summed E-state index contributed by atoms with van der Waals surface area (Å²) in [5, 5.41) is 11.5. The number of nitrogens with zero attached hydrogens (tertiary/aromatic N) is 2. The van der Waals surface area contributed by atoms with Gasteiger partial charge < -0.3 is 10.6 Å². The van der Waals surface area contributed by atoms with E-state index in [2.05, 4.69) is 20.7 Å². The lowest BCUT2D eigenvalue weighted by Gasteiger charge is -2.20. The molecule has 1 aromatic carbocycles. The van der Waals surface area contributed by atoms with Crippen molar-refractivity contribution in [2.45, 2.75) is 25.1 Å². The normalized spacial score (nSPS) is 15.0. The number of alkyl halides is 3. The molecule has 156 valence electrons. The van der Waals surface area contributed by atoms with E-state index in [1.165, 1.54) is 12.8 Å². The van der Waals surface area contributed by atoms with Crippen molar-refractivity contribution in [3.8, 4) is 0 Å². The van der Waals surface area contributed by atoms with E-state index in [-0.39, 0.29) is 11.7 Å². The van der Waals surface area contributed by atoms with E-state index < -0.39 is 17.8 Å². The second-order valence-corrected chi connectivity index (χ2v) is 7.32. The van der Waals surface area contributed by atoms with Gasteiger partial charge in [-0.15, -0.1) is 0 Å². The summed E-state index contributed by atoms with van der Waals surface area (Å²) < 4.78 is 38.1.